The van der Waals surface area contributed by atoms with E-state index in [0.29, 0.717) is 11.3 Å². The first-order chi connectivity index (χ1) is 8.63. The maximum absolute atomic E-state index is 10.3. The van der Waals surface area contributed by atoms with Crippen molar-refractivity contribution in [3.63, 3.8) is 0 Å². The number of carboxylic acids is 1. The topological polar surface area (TPSA) is 78.8 Å². The second-order valence-corrected chi connectivity index (χ2v) is 4.29. The lowest BCUT2D eigenvalue weighted by Crippen LogP contribution is -2.00. The molecule has 0 unspecified atom stereocenters. The van der Waals surface area contributed by atoms with E-state index in [4.69, 9.17) is 9.84 Å². The lowest BCUT2D eigenvalue weighted by molar-refractivity contribution is -0.136. The third kappa shape index (κ3) is 5.01. The van der Waals surface area contributed by atoms with Crippen LogP contribution in [0.3, 0.4) is 0 Å². The molecular weight excluding hydrogens is 254 g/mol. The molecule has 0 saturated carbocycles. The molecule has 1 aromatic carbocycles. The minimum absolute atomic E-state index is 0.0108. The van der Waals surface area contributed by atoms with Crippen molar-refractivity contribution >= 4 is 17.7 Å². The number of carboxylic acid groups (broad SMARTS) is 1. The number of nitrogens with one attached hydrogen (secondary N) is 1. The van der Waals surface area contributed by atoms with Crippen molar-refractivity contribution in [1.82, 2.24) is 5.32 Å². The summed E-state index contributed by atoms with van der Waals surface area (Å²) >= 11 is 1.78. The van der Waals surface area contributed by atoms with E-state index >= 15 is 0 Å². The van der Waals surface area contributed by atoms with Gasteiger partial charge in [0.1, 0.15) is 0 Å². The zero-order valence-electron chi connectivity index (χ0n) is 9.92. The van der Waals surface area contributed by atoms with Crippen molar-refractivity contribution < 1.29 is 19.7 Å². The normalized spacial score (nSPS) is 12.3. The van der Waals surface area contributed by atoms with Gasteiger partial charge in [0.05, 0.1) is 19.4 Å². The van der Waals surface area contributed by atoms with Crippen LogP contribution >= 0.6 is 11.8 Å². The molecule has 0 atom stereocenters. The Hall–Kier alpha value is -1.82. The number of benzene rings is 1. The van der Waals surface area contributed by atoms with Crippen molar-refractivity contribution in [3.05, 3.63) is 35.4 Å². The van der Waals surface area contributed by atoms with Crippen LogP contribution in [-0.4, -0.2) is 29.2 Å². The average Bonchev–Trinajstić information content (AvgIpc) is 2.90. The van der Waals surface area contributed by atoms with Crippen LogP contribution in [0.15, 0.2) is 29.8 Å². The van der Waals surface area contributed by atoms with Crippen molar-refractivity contribution in [2.75, 3.05) is 13.0 Å². The lowest BCUT2D eigenvalue weighted by Gasteiger charge is -2.04. The molecule has 0 fully saturated rings. The monoisotopic (exact) mass is 269 g/mol. The third-order valence-electron chi connectivity index (χ3n) is 2.05. The van der Waals surface area contributed by atoms with Crippen LogP contribution in [0.2, 0.25) is 0 Å². The highest BCUT2D eigenvalue weighted by atomic mass is 32.2. The summed E-state index contributed by atoms with van der Waals surface area (Å²) in [6.45, 7) is 0. The number of aromatic hydroxyl groups is 1. The van der Waals surface area contributed by atoms with Gasteiger partial charge < -0.3 is 20.3 Å². The fourth-order valence-electron chi connectivity index (χ4n) is 1.25. The maximum Gasteiger partial charge on any atom is 0.307 e. The Morgan fingerprint density at radius 3 is 2.78 bits per heavy atom. The Balaban J connectivity index is 0.000000269. The van der Waals surface area contributed by atoms with E-state index in [0.717, 1.165) is 5.88 Å². The highest BCUT2D eigenvalue weighted by Gasteiger charge is 2.05. The van der Waals surface area contributed by atoms with Gasteiger partial charge in [-0.15, -0.1) is 11.8 Å². The van der Waals surface area contributed by atoms with Crippen molar-refractivity contribution in [2.24, 2.45) is 0 Å². The molecule has 0 aromatic heterocycles. The molecule has 1 aromatic rings. The number of hydrogen-bond acceptors (Lipinski definition) is 5. The molecule has 1 aliphatic rings. The Morgan fingerprint density at radius 2 is 2.33 bits per heavy atom. The number of thioether (sulfide) groups is 1. The van der Waals surface area contributed by atoms with Crippen LogP contribution in [-0.2, 0) is 11.2 Å². The van der Waals surface area contributed by atoms with Gasteiger partial charge in [0.25, 0.3) is 0 Å². The Kier molecular flexibility index (Phi) is 5.93. The number of ether oxygens (including phenoxy) is 1. The molecule has 0 spiro atoms. The first kappa shape index (κ1) is 14.2. The van der Waals surface area contributed by atoms with Crippen molar-refractivity contribution in [1.29, 1.82) is 0 Å². The molecule has 0 bridgehead atoms. The zero-order chi connectivity index (χ0) is 13.4. The molecule has 1 aliphatic heterocycles. The fourth-order valence-corrected chi connectivity index (χ4v) is 1.73. The fraction of sp³-hybridized carbons (Fsp3) is 0.250. The summed E-state index contributed by atoms with van der Waals surface area (Å²) < 4.78 is 4.82. The molecule has 2 rings (SSSR count). The molecule has 0 aliphatic carbocycles. The number of methoxy groups -OCH3 is 1. The molecule has 0 radical (unpaired) electrons. The van der Waals surface area contributed by atoms with Crippen LogP contribution in [0.5, 0.6) is 11.5 Å². The summed E-state index contributed by atoms with van der Waals surface area (Å²) in [5, 5.41) is 22.7. The first-order valence-corrected chi connectivity index (χ1v) is 6.26. The molecule has 0 amide bonds. The van der Waals surface area contributed by atoms with Gasteiger partial charge >= 0.3 is 5.97 Å². The number of phenols is 1. The van der Waals surface area contributed by atoms with Crippen LogP contribution in [0, 0.1) is 0 Å². The van der Waals surface area contributed by atoms with E-state index in [1.54, 1.807) is 17.8 Å². The second-order valence-electron chi connectivity index (χ2n) is 3.39. The summed E-state index contributed by atoms with van der Waals surface area (Å²) in [5.41, 5.74) is 0.599. The van der Waals surface area contributed by atoms with Gasteiger partial charge in [0.2, 0.25) is 0 Å². The van der Waals surface area contributed by atoms with Crippen molar-refractivity contribution in [3.8, 4) is 11.5 Å². The minimum Gasteiger partial charge on any atom is -0.504 e. The van der Waals surface area contributed by atoms with Gasteiger partial charge in [-0.2, -0.15) is 0 Å². The van der Waals surface area contributed by atoms with E-state index in [1.165, 1.54) is 19.2 Å². The van der Waals surface area contributed by atoms with E-state index < -0.39 is 5.97 Å². The predicted octanol–water partition coefficient (Wildman–Crippen LogP) is 1.78. The first-order valence-electron chi connectivity index (χ1n) is 5.21. The number of rotatable bonds is 3. The quantitative estimate of drug-likeness (QED) is 0.776. The van der Waals surface area contributed by atoms with Crippen LogP contribution in [0.1, 0.15) is 5.56 Å². The van der Waals surface area contributed by atoms with E-state index in [9.17, 15) is 9.90 Å². The highest BCUT2D eigenvalue weighted by molar-refractivity contribution is 8.02. The number of aliphatic carboxylic acids is 1. The number of carbonyl (C=O) groups is 1. The standard InChI is InChI=1S/C9H10O4.C3H5NS/c1-13-8-4-6(5-9(11)12)2-3-7(8)10;1-2-5-3-4-1/h2-4,10H,5H2,1H3,(H,11,12);1-2,4H,3H2. The smallest absolute Gasteiger partial charge is 0.307 e. The average molecular weight is 269 g/mol. The largest absolute Gasteiger partial charge is 0.504 e. The zero-order valence-corrected chi connectivity index (χ0v) is 10.7. The number of phenolic OH excluding ortho intramolecular Hbond substituents is 1. The molecule has 98 valence electrons. The van der Waals surface area contributed by atoms with Gasteiger partial charge in [0.15, 0.2) is 11.5 Å². The Bertz CT molecular complexity index is 428. The van der Waals surface area contributed by atoms with Gasteiger partial charge in [-0.05, 0) is 23.1 Å². The third-order valence-corrected chi connectivity index (χ3v) is 2.71. The van der Waals surface area contributed by atoms with Gasteiger partial charge in [-0.3, -0.25) is 4.79 Å². The second kappa shape index (κ2) is 7.50. The minimum atomic E-state index is -0.909. The van der Waals surface area contributed by atoms with Crippen LogP contribution in [0.25, 0.3) is 0 Å². The molecule has 5 nitrogen and oxygen atoms in total. The summed E-state index contributed by atoms with van der Waals surface area (Å²) in [4.78, 5) is 10.3. The summed E-state index contributed by atoms with van der Waals surface area (Å²) in [6.07, 6.45) is 1.88. The Labute approximate surface area is 109 Å². The van der Waals surface area contributed by atoms with Crippen molar-refractivity contribution in [2.45, 2.75) is 6.42 Å². The van der Waals surface area contributed by atoms with Gasteiger partial charge in [0, 0.05) is 6.20 Å². The van der Waals surface area contributed by atoms with Crippen LogP contribution in [0.4, 0.5) is 0 Å². The van der Waals surface area contributed by atoms with Gasteiger partial charge in [-0.25, -0.2) is 0 Å². The van der Waals surface area contributed by atoms with Gasteiger partial charge in [-0.1, -0.05) is 6.07 Å². The number of hydrogen-bond donors (Lipinski definition) is 3. The van der Waals surface area contributed by atoms with E-state index in [-0.39, 0.29) is 12.2 Å². The SMILES string of the molecule is C1=CSCN1.COc1cc(CC(=O)O)ccc1O. The summed E-state index contributed by atoms with van der Waals surface area (Å²) in [7, 11) is 1.42. The lowest BCUT2D eigenvalue weighted by atomic mass is 10.1. The molecule has 18 heavy (non-hydrogen) atoms. The predicted molar refractivity (Wildman–Crippen MR) is 70.7 cm³/mol. The summed E-state index contributed by atoms with van der Waals surface area (Å²) in [5.74, 6) is 0.447. The molecular formula is C12H15NO4S. The summed E-state index contributed by atoms with van der Waals surface area (Å²) in [6, 6.07) is 4.46. The molecule has 0 saturated heterocycles. The molecule has 6 heteroatoms. The maximum atomic E-state index is 10.3. The molecule has 1 heterocycles. The Morgan fingerprint density at radius 1 is 1.56 bits per heavy atom. The van der Waals surface area contributed by atoms with Crippen LogP contribution < -0.4 is 10.1 Å². The highest BCUT2D eigenvalue weighted by Crippen LogP contribution is 2.26. The van der Waals surface area contributed by atoms with E-state index in [1.807, 2.05) is 11.6 Å². The van der Waals surface area contributed by atoms with E-state index in [2.05, 4.69) is 5.32 Å². The molecule has 3 N–H and O–H groups in total.